The molecular formula is C20H25N3O5. The normalized spacial score (nSPS) is 18.5. The Kier molecular flexibility index (Phi) is 6.18. The van der Waals surface area contributed by atoms with Gasteiger partial charge in [0, 0.05) is 6.54 Å². The Morgan fingerprint density at radius 1 is 1.29 bits per heavy atom. The number of cyclic esters (lactones) is 1. The van der Waals surface area contributed by atoms with Crippen LogP contribution < -0.4 is 15.4 Å². The Bertz CT molecular complexity index is 788. The summed E-state index contributed by atoms with van der Waals surface area (Å²) in [5.41, 5.74) is 1.55. The lowest BCUT2D eigenvalue weighted by Crippen LogP contribution is -2.50. The summed E-state index contributed by atoms with van der Waals surface area (Å²) in [6, 6.07) is 6.14. The molecule has 0 fully saturated rings. The maximum absolute atomic E-state index is 12.7. The molecule has 0 unspecified atom stereocenters. The molecule has 0 spiro atoms. The highest BCUT2D eigenvalue weighted by Crippen LogP contribution is 2.35. The van der Waals surface area contributed by atoms with Crippen molar-refractivity contribution in [3.05, 3.63) is 41.1 Å². The van der Waals surface area contributed by atoms with Gasteiger partial charge in [0.05, 0.1) is 23.9 Å². The zero-order chi connectivity index (χ0) is 20.1. The molecule has 8 nitrogen and oxygen atoms in total. The number of unbranched alkanes of at least 4 members (excludes halogenated alkanes) is 1. The summed E-state index contributed by atoms with van der Waals surface area (Å²) in [6.45, 7) is 4.87. The average molecular weight is 387 g/mol. The van der Waals surface area contributed by atoms with E-state index in [2.05, 4.69) is 10.6 Å². The maximum Gasteiger partial charge on any atom is 0.338 e. The molecule has 8 heteroatoms. The van der Waals surface area contributed by atoms with Gasteiger partial charge in [-0.15, -0.1) is 0 Å². The van der Waals surface area contributed by atoms with Gasteiger partial charge in [-0.3, -0.25) is 9.69 Å². The van der Waals surface area contributed by atoms with Crippen molar-refractivity contribution in [3.8, 4) is 5.75 Å². The van der Waals surface area contributed by atoms with E-state index >= 15 is 0 Å². The van der Waals surface area contributed by atoms with Gasteiger partial charge in [-0.2, -0.15) is 0 Å². The van der Waals surface area contributed by atoms with Gasteiger partial charge in [0.2, 0.25) is 5.91 Å². The van der Waals surface area contributed by atoms with Gasteiger partial charge >= 0.3 is 12.0 Å². The predicted molar refractivity (Wildman–Crippen MR) is 101 cm³/mol. The molecule has 2 aliphatic rings. The van der Waals surface area contributed by atoms with Crippen LogP contribution in [0.4, 0.5) is 4.79 Å². The molecular weight excluding hydrogens is 362 g/mol. The quantitative estimate of drug-likeness (QED) is 0.524. The molecule has 2 N–H and O–H groups in total. The molecule has 0 bridgehead atoms. The van der Waals surface area contributed by atoms with E-state index in [0.29, 0.717) is 30.2 Å². The van der Waals surface area contributed by atoms with Crippen molar-refractivity contribution in [2.24, 2.45) is 0 Å². The molecule has 0 saturated carbocycles. The number of rotatable bonds is 8. The van der Waals surface area contributed by atoms with Crippen LogP contribution in [0.3, 0.4) is 0 Å². The number of hydrogen-bond acceptors (Lipinski definition) is 5. The number of hydrogen-bond donors (Lipinski definition) is 2. The Morgan fingerprint density at radius 3 is 2.71 bits per heavy atom. The molecule has 2 aliphatic heterocycles. The van der Waals surface area contributed by atoms with E-state index < -0.39 is 18.0 Å². The van der Waals surface area contributed by atoms with E-state index in [-0.39, 0.29) is 19.1 Å². The minimum atomic E-state index is -0.618. The second-order valence-corrected chi connectivity index (χ2v) is 6.61. The smallest absolute Gasteiger partial charge is 0.338 e. The summed E-state index contributed by atoms with van der Waals surface area (Å²) in [6.07, 6.45) is 1.83. The van der Waals surface area contributed by atoms with Crippen molar-refractivity contribution in [2.75, 3.05) is 26.3 Å². The number of carbonyl (C=O) groups excluding carboxylic acids is 3. The number of benzene rings is 1. The van der Waals surface area contributed by atoms with Crippen molar-refractivity contribution in [1.29, 1.82) is 0 Å². The molecule has 1 atom stereocenters. The van der Waals surface area contributed by atoms with Gasteiger partial charge in [-0.05, 0) is 31.0 Å². The summed E-state index contributed by atoms with van der Waals surface area (Å²) in [5.74, 6) is -0.0402. The highest BCUT2D eigenvalue weighted by Gasteiger charge is 2.42. The highest BCUT2D eigenvalue weighted by molar-refractivity contribution is 5.98. The molecule has 0 aliphatic carbocycles. The van der Waals surface area contributed by atoms with Gasteiger partial charge in [0.15, 0.2) is 0 Å². The van der Waals surface area contributed by atoms with Crippen molar-refractivity contribution >= 4 is 17.9 Å². The molecule has 28 heavy (non-hydrogen) atoms. The van der Waals surface area contributed by atoms with Crippen LogP contribution in [0.25, 0.3) is 0 Å². The highest BCUT2D eigenvalue weighted by atomic mass is 16.5. The van der Waals surface area contributed by atoms with Gasteiger partial charge in [0.1, 0.15) is 18.9 Å². The summed E-state index contributed by atoms with van der Waals surface area (Å²) in [4.78, 5) is 38.4. The number of carbonyl (C=O) groups is 3. The Balaban J connectivity index is 1.82. The van der Waals surface area contributed by atoms with Crippen molar-refractivity contribution < 1.29 is 23.9 Å². The first-order valence-corrected chi connectivity index (χ1v) is 9.52. The van der Waals surface area contributed by atoms with E-state index in [1.807, 2.05) is 13.8 Å². The number of amides is 3. The van der Waals surface area contributed by atoms with E-state index in [1.165, 1.54) is 4.90 Å². The lowest BCUT2D eigenvalue weighted by atomic mass is 9.95. The summed E-state index contributed by atoms with van der Waals surface area (Å²) in [7, 11) is 0. The molecule has 3 amide bonds. The summed E-state index contributed by atoms with van der Waals surface area (Å²) < 4.78 is 10.6. The molecule has 0 saturated heterocycles. The summed E-state index contributed by atoms with van der Waals surface area (Å²) >= 11 is 0. The Labute approximate surface area is 163 Å². The summed E-state index contributed by atoms with van der Waals surface area (Å²) in [5, 5.41) is 5.60. The first-order chi connectivity index (χ1) is 13.5. The fraction of sp³-hybridized carbons (Fsp3) is 0.450. The predicted octanol–water partition coefficient (Wildman–Crippen LogP) is 1.88. The molecule has 3 rings (SSSR count). The number of esters is 1. The monoisotopic (exact) mass is 387 g/mol. The second-order valence-electron chi connectivity index (χ2n) is 6.61. The zero-order valence-electron chi connectivity index (χ0n) is 16.1. The van der Waals surface area contributed by atoms with Crippen LogP contribution in [0, 0.1) is 0 Å². The lowest BCUT2D eigenvalue weighted by Gasteiger charge is -2.32. The van der Waals surface area contributed by atoms with E-state index in [9.17, 15) is 14.4 Å². The van der Waals surface area contributed by atoms with E-state index in [1.54, 1.807) is 24.3 Å². The number of ether oxygens (including phenoxy) is 2. The molecule has 2 heterocycles. The molecule has 1 aromatic rings. The fourth-order valence-corrected chi connectivity index (χ4v) is 3.26. The Morgan fingerprint density at radius 2 is 2.04 bits per heavy atom. The van der Waals surface area contributed by atoms with Crippen LogP contribution in [0.15, 0.2) is 35.5 Å². The van der Waals surface area contributed by atoms with Gasteiger partial charge in [0.25, 0.3) is 0 Å². The first kappa shape index (κ1) is 19.7. The standard InChI is InChI=1S/C20H25N3O5/c1-3-5-10-21-16(24)11-23-15-12-28-19(25)17(15)18(22-20(23)26)13-6-8-14(9-7-13)27-4-2/h6-9,18H,3-5,10-12H2,1-2H3,(H,21,24)(H,22,26)/t18-/m0/s1. The van der Waals surface area contributed by atoms with Gasteiger partial charge in [-0.25, -0.2) is 9.59 Å². The van der Waals surface area contributed by atoms with Crippen molar-refractivity contribution in [1.82, 2.24) is 15.5 Å². The third-order valence-electron chi connectivity index (χ3n) is 4.68. The van der Waals surface area contributed by atoms with Crippen molar-refractivity contribution in [3.63, 3.8) is 0 Å². The van der Waals surface area contributed by atoms with Crippen LogP contribution >= 0.6 is 0 Å². The topological polar surface area (TPSA) is 97.0 Å². The number of nitrogens with one attached hydrogen (secondary N) is 2. The lowest BCUT2D eigenvalue weighted by molar-refractivity contribution is -0.136. The van der Waals surface area contributed by atoms with Crippen LogP contribution in [0.5, 0.6) is 5.75 Å². The van der Waals surface area contributed by atoms with E-state index in [4.69, 9.17) is 9.47 Å². The molecule has 0 radical (unpaired) electrons. The maximum atomic E-state index is 12.7. The number of nitrogens with zero attached hydrogens (tertiary/aromatic N) is 1. The zero-order valence-corrected chi connectivity index (χ0v) is 16.1. The molecule has 1 aromatic carbocycles. The SMILES string of the molecule is CCCCNC(=O)CN1C(=O)N[C@@H](c2ccc(OCC)cc2)C2=C1COC2=O. The van der Waals surface area contributed by atoms with Crippen LogP contribution in [-0.4, -0.2) is 49.1 Å². The third kappa shape index (κ3) is 4.11. The number of urea groups is 1. The van der Waals surface area contributed by atoms with Crippen LogP contribution in [0.1, 0.15) is 38.3 Å². The third-order valence-corrected chi connectivity index (χ3v) is 4.68. The van der Waals surface area contributed by atoms with Crippen molar-refractivity contribution in [2.45, 2.75) is 32.7 Å². The largest absolute Gasteiger partial charge is 0.494 e. The Hall–Kier alpha value is -3.03. The first-order valence-electron chi connectivity index (χ1n) is 9.52. The second kappa shape index (κ2) is 8.77. The minimum absolute atomic E-state index is 0.0165. The van der Waals surface area contributed by atoms with Crippen LogP contribution in [0.2, 0.25) is 0 Å². The van der Waals surface area contributed by atoms with E-state index in [0.717, 1.165) is 18.4 Å². The molecule has 150 valence electrons. The minimum Gasteiger partial charge on any atom is -0.494 e. The average Bonchev–Trinajstić information content (AvgIpc) is 3.07. The fourth-order valence-electron chi connectivity index (χ4n) is 3.26. The molecule has 0 aromatic heterocycles. The van der Waals surface area contributed by atoms with Crippen LogP contribution in [-0.2, 0) is 14.3 Å². The van der Waals surface area contributed by atoms with Gasteiger partial charge in [-0.1, -0.05) is 25.5 Å². The van der Waals surface area contributed by atoms with Gasteiger partial charge < -0.3 is 20.1 Å².